The zero-order chi connectivity index (χ0) is 16.7. The van der Waals surface area contributed by atoms with Crippen molar-refractivity contribution < 1.29 is 34.7 Å². The van der Waals surface area contributed by atoms with Gasteiger partial charge in [-0.05, 0) is 12.5 Å². The van der Waals surface area contributed by atoms with Crippen LogP contribution >= 0.6 is 0 Å². The summed E-state index contributed by atoms with van der Waals surface area (Å²) in [5.74, 6) is -0.361. The fourth-order valence-electron chi connectivity index (χ4n) is 2.66. The molecule has 8 nitrogen and oxygen atoms in total. The van der Waals surface area contributed by atoms with E-state index >= 15 is 0 Å². The minimum absolute atomic E-state index is 0.361. The van der Waals surface area contributed by atoms with Gasteiger partial charge in [0.2, 0.25) is 0 Å². The number of carbonyl (C=O) groups excluding carboxylic acids is 1. The van der Waals surface area contributed by atoms with Crippen LogP contribution in [-0.2, 0) is 9.47 Å². The topological polar surface area (TPSA) is 142 Å². The molecule has 6 atom stereocenters. The van der Waals surface area contributed by atoms with Crippen LogP contribution < -0.4 is 5.73 Å². The van der Waals surface area contributed by atoms with Crippen LogP contribution in [0, 0.1) is 5.92 Å². The lowest BCUT2D eigenvalue weighted by molar-refractivity contribution is -0.236. The normalized spacial score (nSPS) is 33.7. The summed E-state index contributed by atoms with van der Waals surface area (Å²) in [6.45, 7) is 1.49. The highest BCUT2D eigenvalue weighted by atomic mass is 16.6. The highest BCUT2D eigenvalue weighted by molar-refractivity contribution is 5.65. The molecule has 0 aromatic heterocycles. The molecule has 1 unspecified atom stereocenters. The lowest BCUT2D eigenvalue weighted by atomic mass is 9.85. The van der Waals surface area contributed by atoms with E-state index < -0.39 is 43.2 Å². The van der Waals surface area contributed by atoms with Gasteiger partial charge in [0.1, 0.15) is 18.3 Å². The Bertz CT molecular complexity index is 376. The molecule has 0 aliphatic carbocycles. The summed E-state index contributed by atoms with van der Waals surface area (Å²) in [5.41, 5.74) is 4.95. The molecule has 1 fully saturated rings. The minimum Gasteiger partial charge on any atom is -0.516 e. The van der Waals surface area contributed by atoms with E-state index in [9.17, 15) is 20.1 Å². The number of primary amides is 1. The van der Waals surface area contributed by atoms with Crippen LogP contribution in [0.5, 0.6) is 0 Å². The fraction of sp³-hybridized carbons (Fsp3) is 0.786. The number of carbonyl (C=O) groups is 1. The maximum Gasteiger partial charge on any atom is 0.404 e. The zero-order valence-corrected chi connectivity index (χ0v) is 12.5. The van der Waals surface area contributed by atoms with Crippen LogP contribution in [0.2, 0.25) is 0 Å². The van der Waals surface area contributed by atoms with Gasteiger partial charge in [-0.25, -0.2) is 4.79 Å². The van der Waals surface area contributed by atoms with Crippen LogP contribution in [0.4, 0.5) is 4.79 Å². The molecule has 6 N–H and O–H groups in total. The maximum atomic E-state index is 10.9. The van der Waals surface area contributed by atoms with Gasteiger partial charge in [0.05, 0.1) is 19.0 Å². The summed E-state index contributed by atoms with van der Waals surface area (Å²) >= 11 is 0. The lowest BCUT2D eigenvalue weighted by Gasteiger charge is -2.43. The van der Waals surface area contributed by atoms with Crippen molar-refractivity contribution in [2.75, 3.05) is 6.61 Å². The van der Waals surface area contributed by atoms with E-state index in [1.807, 2.05) is 6.92 Å². The van der Waals surface area contributed by atoms with Crippen molar-refractivity contribution in [3.05, 3.63) is 12.3 Å². The maximum absolute atomic E-state index is 10.9. The zero-order valence-electron chi connectivity index (χ0n) is 12.5. The highest BCUT2D eigenvalue weighted by Crippen LogP contribution is 2.30. The Morgan fingerprint density at radius 3 is 2.59 bits per heavy atom. The number of amides is 1. The molecule has 1 saturated heterocycles. The summed E-state index contributed by atoms with van der Waals surface area (Å²) in [4.78, 5) is 10.9. The summed E-state index contributed by atoms with van der Waals surface area (Å²) in [6, 6.07) is 0. The number of hydrogen-bond acceptors (Lipinski definition) is 7. The number of rotatable bonds is 7. The molecular weight excluding hydrogens is 294 g/mol. The van der Waals surface area contributed by atoms with Gasteiger partial charge in [0, 0.05) is 5.92 Å². The molecule has 0 aromatic rings. The Morgan fingerprint density at radius 1 is 1.41 bits per heavy atom. The Morgan fingerprint density at radius 2 is 2.09 bits per heavy atom. The first kappa shape index (κ1) is 18.7. The van der Waals surface area contributed by atoms with Gasteiger partial charge in [0.15, 0.2) is 6.10 Å². The molecule has 22 heavy (non-hydrogen) atoms. The molecule has 0 spiro atoms. The predicted molar refractivity (Wildman–Crippen MR) is 77.0 cm³/mol. The second-order valence-electron chi connectivity index (χ2n) is 5.35. The van der Waals surface area contributed by atoms with Gasteiger partial charge in [-0.15, -0.1) is 0 Å². The fourth-order valence-corrected chi connectivity index (χ4v) is 2.66. The number of aliphatic hydroxyl groups excluding tert-OH is 4. The van der Waals surface area contributed by atoms with E-state index in [1.54, 1.807) is 0 Å². The third-order valence-electron chi connectivity index (χ3n) is 3.80. The van der Waals surface area contributed by atoms with Gasteiger partial charge in [-0.1, -0.05) is 19.8 Å². The standard InChI is InChI=1S/C14H25NO7/c1-2-3-4-8(5-6-16)12-11(19)13(22-14(15)20)10(18)9(7-17)21-12/h5-6,8-13,16-19H,2-4,7H2,1H3,(H2,15,20)/t8?,9-,10-,11-,12+,13+/m1/s1. The number of hydrogen-bond donors (Lipinski definition) is 5. The van der Waals surface area contributed by atoms with Crippen molar-refractivity contribution >= 4 is 6.09 Å². The Labute approximate surface area is 129 Å². The number of aliphatic hydroxyl groups is 4. The molecule has 1 aliphatic heterocycles. The predicted octanol–water partition coefficient (Wildman–Crippen LogP) is -0.190. The van der Waals surface area contributed by atoms with Crippen molar-refractivity contribution in [1.29, 1.82) is 0 Å². The number of nitrogens with two attached hydrogens (primary N) is 1. The first-order valence-electron chi connectivity index (χ1n) is 7.35. The van der Waals surface area contributed by atoms with Crippen molar-refractivity contribution in [3.63, 3.8) is 0 Å². The van der Waals surface area contributed by atoms with E-state index in [0.29, 0.717) is 6.42 Å². The second kappa shape index (κ2) is 8.94. The van der Waals surface area contributed by atoms with Gasteiger partial charge in [0.25, 0.3) is 0 Å². The highest BCUT2D eigenvalue weighted by Gasteiger charge is 2.48. The third kappa shape index (κ3) is 4.57. The Balaban J connectivity index is 2.97. The first-order chi connectivity index (χ1) is 10.5. The van der Waals surface area contributed by atoms with E-state index in [2.05, 4.69) is 0 Å². The Hall–Kier alpha value is -1.35. The van der Waals surface area contributed by atoms with Crippen LogP contribution in [-0.4, -0.2) is 63.6 Å². The minimum atomic E-state index is -1.39. The van der Waals surface area contributed by atoms with Gasteiger partial charge < -0.3 is 35.6 Å². The SMILES string of the molecule is CCCCC(C=CO)[C@@H]1O[C@H](CO)[C@@H](O)[C@H](OC(N)=O)[C@@H]1O. The average molecular weight is 319 g/mol. The molecule has 0 aromatic carbocycles. The smallest absolute Gasteiger partial charge is 0.404 e. The molecule has 1 aliphatic rings. The summed E-state index contributed by atoms with van der Waals surface area (Å²) in [6.07, 6.45) is -2.34. The summed E-state index contributed by atoms with van der Waals surface area (Å²) in [7, 11) is 0. The van der Waals surface area contributed by atoms with Gasteiger partial charge in [-0.2, -0.15) is 0 Å². The van der Waals surface area contributed by atoms with Crippen molar-refractivity contribution in [2.45, 2.75) is 56.7 Å². The Kier molecular flexibility index (Phi) is 7.60. The van der Waals surface area contributed by atoms with E-state index in [1.165, 1.54) is 6.08 Å². The van der Waals surface area contributed by atoms with E-state index in [0.717, 1.165) is 19.1 Å². The van der Waals surface area contributed by atoms with Crippen LogP contribution in [0.15, 0.2) is 12.3 Å². The third-order valence-corrected chi connectivity index (χ3v) is 3.80. The van der Waals surface area contributed by atoms with Crippen molar-refractivity contribution in [2.24, 2.45) is 11.7 Å². The van der Waals surface area contributed by atoms with Crippen molar-refractivity contribution in [1.82, 2.24) is 0 Å². The summed E-state index contributed by atoms with van der Waals surface area (Å²) in [5, 5.41) is 38.7. The van der Waals surface area contributed by atoms with Crippen LogP contribution in [0.1, 0.15) is 26.2 Å². The molecule has 8 heteroatoms. The molecular formula is C14H25NO7. The molecule has 0 bridgehead atoms. The quantitative estimate of drug-likeness (QED) is 0.409. The van der Waals surface area contributed by atoms with Crippen LogP contribution in [0.3, 0.4) is 0 Å². The van der Waals surface area contributed by atoms with Gasteiger partial charge in [-0.3, -0.25) is 0 Å². The summed E-state index contributed by atoms with van der Waals surface area (Å²) < 4.78 is 10.3. The van der Waals surface area contributed by atoms with E-state index in [-0.39, 0.29) is 5.92 Å². The van der Waals surface area contributed by atoms with Crippen LogP contribution in [0.25, 0.3) is 0 Å². The lowest BCUT2D eigenvalue weighted by Crippen LogP contribution is -2.61. The number of ether oxygens (including phenoxy) is 2. The van der Waals surface area contributed by atoms with Gasteiger partial charge >= 0.3 is 6.09 Å². The second-order valence-corrected chi connectivity index (χ2v) is 5.35. The first-order valence-corrected chi connectivity index (χ1v) is 7.35. The van der Waals surface area contributed by atoms with Crippen molar-refractivity contribution in [3.8, 4) is 0 Å². The average Bonchev–Trinajstić information content (AvgIpc) is 2.48. The molecule has 0 radical (unpaired) electrons. The monoisotopic (exact) mass is 319 g/mol. The molecule has 128 valence electrons. The molecule has 1 heterocycles. The number of unbranched alkanes of at least 4 members (excludes halogenated alkanes) is 1. The largest absolute Gasteiger partial charge is 0.516 e. The molecule has 0 saturated carbocycles. The molecule has 1 rings (SSSR count). The van der Waals surface area contributed by atoms with E-state index in [4.69, 9.17) is 20.3 Å². The molecule has 1 amide bonds.